The number of hydrogen-bond acceptors (Lipinski definition) is 3. The molecule has 5 heteroatoms. The Morgan fingerprint density at radius 1 is 1.36 bits per heavy atom. The molecule has 0 aromatic rings. The molecule has 1 aliphatic carbocycles. The fourth-order valence-corrected chi connectivity index (χ4v) is 3.27. The van der Waals surface area contributed by atoms with Crippen molar-refractivity contribution >= 4 is 5.96 Å². The van der Waals surface area contributed by atoms with Crippen molar-refractivity contribution in [2.24, 2.45) is 16.3 Å². The highest BCUT2D eigenvalue weighted by Crippen LogP contribution is 2.48. The van der Waals surface area contributed by atoms with E-state index in [1.54, 1.807) is 7.11 Å². The Kier molecular flexibility index (Phi) is 6.09. The third-order valence-electron chi connectivity index (χ3n) is 5.34. The van der Waals surface area contributed by atoms with Crippen molar-refractivity contribution in [2.75, 3.05) is 40.4 Å². The van der Waals surface area contributed by atoms with Gasteiger partial charge < -0.3 is 15.4 Å². The van der Waals surface area contributed by atoms with E-state index < -0.39 is 0 Å². The maximum Gasteiger partial charge on any atom is 0.191 e. The number of aliphatic imine (C=N–C) groups is 1. The minimum atomic E-state index is 0.443. The molecular formula is C17H34N4O. The van der Waals surface area contributed by atoms with Gasteiger partial charge in [0.1, 0.15) is 0 Å². The molecule has 0 bridgehead atoms. The van der Waals surface area contributed by atoms with Crippen molar-refractivity contribution in [1.82, 2.24) is 15.5 Å². The van der Waals surface area contributed by atoms with Gasteiger partial charge in [-0.05, 0) is 44.4 Å². The van der Waals surface area contributed by atoms with Gasteiger partial charge in [-0.15, -0.1) is 0 Å². The lowest BCUT2D eigenvalue weighted by Gasteiger charge is -2.23. The zero-order chi connectivity index (χ0) is 16.2. The van der Waals surface area contributed by atoms with Gasteiger partial charge >= 0.3 is 0 Å². The molecule has 2 atom stereocenters. The number of guanidine groups is 1. The summed E-state index contributed by atoms with van der Waals surface area (Å²) in [6.45, 7) is 11.0. The minimum absolute atomic E-state index is 0.443. The van der Waals surface area contributed by atoms with E-state index in [4.69, 9.17) is 4.74 Å². The van der Waals surface area contributed by atoms with Gasteiger partial charge in [-0.3, -0.25) is 9.89 Å². The van der Waals surface area contributed by atoms with Crippen LogP contribution in [-0.4, -0.2) is 63.3 Å². The first-order valence-corrected chi connectivity index (χ1v) is 8.70. The minimum Gasteiger partial charge on any atom is -0.385 e. The van der Waals surface area contributed by atoms with Crippen LogP contribution < -0.4 is 10.6 Å². The van der Waals surface area contributed by atoms with Crippen LogP contribution in [0.5, 0.6) is 0 Å². The Morgan fingerprint density at radius 2 is 2.09 bits per heavy atom. The maximum absolute atomic E-state index is 5.23. The van der Waals surface area contributed by atoms with E-state index in [9.17, 15) is 0 Å². The average Bonchev–Trinajstić information content (AvgIpc) is 3.17. The molecule has 1 heterocycles. The van der Waals surface area contributed by atoms with Crippen LogP contribution >= 0.6 is 0 Å². The number of rotatable bonds is 7. The molecule has 22 heavy (non-hydrogen) atoms. The Balaban J connectivity index is 1.78. The van der Waals surface area contributed by atoms with Crippen molar-refractivity contribution in [3.8, 4) is 0 Å². The second-order valence-corrected chi connectivity index (χ2v) is 7.44. The lowest BCUT2D eigenvalue weighted by atomic mass is 10.0. The first-order valence-electron chi connectivity index (χ1n) is 8.70. The molecule has 2 N–H and O–H groups in total. The average molecular weight is 310 g/mol. The summed E-state index contributed by atoms with van der Waals surface area (Å²) < 4.78 is 5.23. The fourth-order valence-electron chi connectivity index (χ4n) is 3.27. The standard InChI is InChI=1S/C17H34N4O/c1-13(2)21-10-14(3)15(11-21)20-16(18-4)19-12-17(6-7-17)8-9-22-5/h13-15H,6-12H2,1-5H3,(H2,18,19,20). The summed E-state index contributed by atoms with van der Waals surface area (Å²) in [4.78, 5) is 6.95. The second-order valence-electron chi connectivity index (χ2n) is 7.44. The van der Waals surface area contributed by atoms with Gasteiger partial charge in [0, 0.05) is 52.5 Å². The summed E-state index contributed by atoms with van der Waals surface area (Å²) in [7, 11) is 3.65. The summed E-state index contributed by atoms with van der Waals surface area (Å²) in [6, 6.07) is 1.11. The van der Waals surface area contributed by atoms with Crippen molar-refractivity contribution in [2.45, 2.75) is 52.1 Å². The fraction of sp³-hybridized carbons (Fsp3) is 0.941. The molecule has 128 valence electrons. The molecule has 0 spiro atoms. The Bertz CT molecular complexity index is 379. The topological polar surface area (TPSA) is 48.9 Å². The van der Waals surface area contributed by atoms with Gasteiger partial charge in [0.15, 0.2) is 5.96 Å². The molecule has 2 aliphatic rings. The van der Waals surface area contributed by atoms with E-state index in [0.717, 1.165) is 32.1 Å². The van der Waals surface area contributed by atoms with Gasteiger partial charge in [-0.25, -0.2) is 0 Å². The van der Waals surface area contributed by atoms with E-state index in [1.807, 2.05) is 7.05 Å². The third kappa shape index (κ3) is 4.59. The lowest BCUT2D eigenvalue weighted by Crippen LogP contribution is -2.48. The van der Waals surface area contributed by atoms with Crippen molar-refractivity contribution < 1.29 is 4.74 Å². The smallest absolute Gasteiger partial charge is 0.191 e. The number of hydrogen-bond donors (Lipinski definition) is 2. The van der Waals surface area contributed by atoms with E-state index in [2.05, 4.69) is 41.3 Å². The summed E-state index contributed by atoms with van der Waals surface area (Å²) in [5.74, 6) is 1.61. The predicted molar refractivity (Wildman–Crippen MR) is 92.3 cm³/mol. The molecule has 0 radical (unpaired) electrons. The monoisotopic (exact) mass is 310 g/mol. The molecule has 1 saturated heterocycles. The number of nitrogens with zero attached hydrogens (tertiary/aromatic N) is 2. The van der Waals surface area contributed by atoms with Crippen LogP contribution in [0.3, 0.4) is 0 Å². The maximum atomic E-state index is 5.23. The van der Waals surface area contributed by atoms with Gasteiger partial charge in [-0.2, -0.15) is 0 Å². The number of methoxy groups -OCH3 is 1. The van der Waals surface area contributed by atoms with Crippen LogP contribution in [-0.2, 0) is 4.74 Å². The van der Waals surface area contributed by atoms with Crippen LogP contribution in [0, 0.1) is 11.3 Å². The Labute approximate surface area is 135 Å². The number of likely N-dealkylation sites (tertiary alicyclic amines) is 1. The summed E-state index contributed by atoms with van der Waals surface area (Å²) in [6.07, 6.45) is 3.76. The first kappa shape index (κ1) is 17.5. The largest absolute Gasteiger partial charge is 0.385 e. The first-order chi connectivity index (χ1) is 10.5. The predicted octanol–water partition coefficient (Wildman–Crippen LogP) is 1.70. The molecule has 0 amide bonds. The van der Waals surface area contributed by atoms with Gasteiger partial charge in [0.05, 0.1) is 0 Å². The Hall–Kier alpha value is -0.810. The zero-order valence-corrected chi connectivity index (χ0v) is 15.0. The molecule has 5 nitrogen and oxygen atoms in total. The van der Waals surface area contributed by atoms with E-state index >= 15 is 0 Å². The van der Waals surface area contributed by atoms with Crippen molar-refractivity contribution in [3.63, 3.8) is 0 Å². The van der Waals surface area contributed by atoms with Crippen LogP contribution in [0.15, 0.2) is 4.99 Å². The van der Waals surface area contributed by atoms with Gasteiger partial charge in [0.2, 0.25) is 0 Å². The second kappa shape index (κ2) is 7.64. The molecule has 0 aromatic carbocycles. The van der Waals surface area contributed by atoms with Gasteiger partial charge in [-0.1, -0.05) is 6.92 Å². The highest BCUT2D eigenvalue weighted by molar-refractivity contribution is 5.80. The normalized spacial score (nSPS) is 28.2. The Morgan fingerprint density at radius 3 is 2.59 bits per heavy atom. The van der Waals surface area contributed by atoms with E-state index in [1.165, 1.54) is 19.4 Å². The number of nitrogens with one attached hydrogen (secondary N) is 2. The van der Waals surface area contributed by atoms with Crippen LogP contribution in [0.4, 0.5) is 0 Å². The van der Waals surface area contributed by atoms with E-state index in [0.29, 0.717) is 23.4 Å². The van der Waals surface area contributed by atoms with Gasteiger partial charge in [0.25, 0.3) is 0 Å². The molecule has 2 unspecified atom stereocenters. The van der Waals surface area contributed by atoms with Crippen LogP contribution in [0.25, 0.3) is 0 Å². The van der Waals surface area contributed by atoms with Crippen LogP contribution in [0.1, 0.15) is 40.0 Å². The lowest BCUT2D eigenvalue weighted by molar-refractivity contribution is 0.172. The summed E-state index contributed by atoms with van der Waals surface area (Å²) in [5.41, 5.74) is 0.443. The highest BCUT2D eigenvalue weighted by Gasteiger charge is 2.42. The van der Waals surface area contributed by atoms with Crippen molar-refractivity contribution in [3.05, 3.63) is 0 Å². The third-order valence-corrected chi connectivity index (χ3v) is 5.34. The SMILES string of the molecule is CN=C(NCC1(CCOC)CC1)NC1CN(C(C)C)CC1C. The molecule has 2 fully saturated rings. The highest BCUT2D eigenvalue weighted by atomic mass is 16.5. The number of ether oxygens (including phenoxy) is 1. The van der Waals surface area contributed by atoms with E-state index in [-0.39, 0.29) is 0 Å². The van der Waals surface area contributed by atoms with Crippen molar-refractivity contribution in [1.29, 1.82) is 0 Å². The summed E-state index contributed by atoms with van der Waals surface area (Å²) >= 11 is 0. The molecule has 0 aromatic heterocycles. The molecule has 1 aliphatic heterocycles. The molecule has 1 saturated carbocycles. The van der Waals surface area contributed by atoms with Crippen LogP contribution in [0.2, 0.25) is 0 Å². The summed E-state index contributed by atoms with van der Waals surface area (Å²) in [5, 5.41) is 7.16. The zero-order valence-electron chi connectivity index (χ0n) is 15.0. The molecule has 2 rings (SSSR count). The quantitative estimate of drug-likeness (QED) is 0.555. The molecular weight excluding hydrogens is 276 g/mol.